The highest BCUT2D eigenvalue weighted by Gasteiger charge is 2.37. The fourth-order valence-electron chi connectivity index (χ4n) is 2.69. The third kappa shape index (κ3) is 4.54. The molecule has 0 saturated heterocycles. The molecular weight excluding hydrogens is 405 g/mol. The van der Waals surface area contributed by atoms with Crippen molar-refractivity contribution in [1.29, 1.82) is 0 Å². The van der Waals surface area contributed by atoms with Crippen LogP contribution in [-0.2, 0) is 6.18 Å². The molecular formula is C20H18ClF3N4O. The second-order valence-electron chi connectivity index (χ2n) is 6.20. The zero-order chi connectivity index (χ0) is 21.2. The molecule has 2 aromatic carbocycles. The van der Waals surface area contributed by atoms with Gasteiger partial charge in [0.05, 0.1) is 7.11 Å². The molecule has 1 heterocycles. The summed E-state index contributed by atoms with van der Waals surface area (Å²) in [7, 11) is 4.74. The maximum absolute atomic E-state index is 13.6. The Morgan fingerprint density at radius 2 is 1.45 bits per heavy atom. The Morgan fingerprint density at radius 1 is 0.897 bits per heavy atom. The Labute approximate surface area is 171 Å². The molecule has 5 nitrogen and oxygen atoms in total. The molecule has 152 valence electrons. The quantitative estimate of drug-likeness (QED) is 0.528. The van der Waals surface area contributed by atoms with Gasteiger partial charge in [-0.25, -0.2) is 4.98 Å². The van der Waals surface area contributed by atoms with Crippen LogP contribution in [0.15, 0.2) is 54.7 Å². The minimum absolute atomic E-state index is 0.124. The summed E-state index contributed by atoms with van der Waals surface area (Å²) in [6.07, 6.45) is -3.81. The second-order valence-corrected chi connectivity index (χ2v) is 6.63. The lowest BCUT2D eigenvalue weighted by Gasteiger charge is -2.25. The maximum Gasteiger partial charge on any atom is 0.421 e. The van der Waals surface area contributed by atoms with Crippen molar-refractivity contribution < 1.29 is 17.9 Å². The molecule has 0 N–H and O–H groups in total. The minimum Gasteiger partial charge on any atom is -0.497 e. The summed E-state index contributed by atoms with van der Waals surface area (Å²) < 4.78 is 45.8. The molecule has 3 rings (SSSR count). The molecule has 0 aliphatic carbocycles. The number of nitrogens with zero attached hydrogens (tertiary/aromatic N) is 4. The van der Waals surface area contributed by atoms with Crippen molar-refractivity contribution in [1.82, 2.24) is 9.97 Å². The summed E-state index contributed by atoms with van der Waals surface area (Å²) in [5.41, 5.74) is 0.282. The summed E-state index contributed by atoms with van der Waals surface area (Å²) in [4.78, 5) is 11.1. The Bertz CT molecular complexity index is 979. The summed E-state index contributed by atoms with van der Waals surface area (Å²) in [6, 6.07) is 13.5. The van der Waals surface area contributed by atoms with Gasteiger partial charge in [0.25, 0.3) is 0 Å². The van der Waals surface area contributed by atoms with Crippen molar-refractivity contribution in [3.8, 4) is 5.75 Å². The number of benzene rings is 2. The number of hydrogen-bond acceptors (Lipinski definition) is 5. The third-order valence-corrected chi connectivity index (χ3v) is 4.60. The second kappa shape index (κ2) is 8.16. The van der Waals surface area contributed by atoms with Gasteiger partial charge in [-0.3, -0.25) is 0 Å². The number of methoxy groups -OCH3 is 1. The van der Waals surface area contributed by atoms with E-state index >= 15 is 0 Å². The van der Waals surface area contributed by atoms with E-state index < -0.39 is 11.7 Å². The van der Waals surface area contributed by atoms with E-state index in [2.05, 4.69) is 9.97 Å². The van der Waals surface area contributed by atoms with E-state index in [9.17, 15) is 13.2 Å². The number of halogens is 4. The lowest BCUT2D eigenvalue weighted by atomic mass is 10.2. The van der Waals surface area contributed by atoms with Crippen molar-refractivity contribution in [3.63, 3.8) is 0 Å². The molecule has 0 saturated carbocycles. The molecule has 0 amide bonds. The van der Waals surface area contributed by atoms with Crippen LogP contribution in [-0.4, -0.2) is 31.2 Å². The highest BCUT2D eigenvalue weighted by atomic mass is 35.5. The van der Waals surface area contributed by atoms with Crippen LogP contribution in [0.1, 0.15) is 5.56 Å². The molecule has 0 aliphatic heterocycles. The van der Waals surface area contributed by atoms with Crippen molar-refractivity contribution in [2.24, 2.45) is 0 Å². The average Bonchev–Trinajstić information content (AvgIpc) is 2.72. The Morgan fingerprint density at radius 3 is 2.00 bits per heavy atom. The molecule has 9 heteroatoms. The van der Waals surface area contributed by atoms with Gasteiger partial charge in [0, 0.05) is 36.7 Å². The summed E-state index contributed by atoms with van der Waals surface area (Å²) in [5, 5.41) is 0.487. The summed E-state index contributed by atoms with van der Waals surface area (Å²) >= 11 is 5.88. The van der Waals surface area contributed by atoms with Crippen molar-refractivity contribution in [2.45, 2.75) is 6.18 Å². The van der Waals surface area contributed by atoms with Gasteiger partial charge in [0.1, 0.15) is 11.3 Å². The maximum atomic E-state index is 13.6. The first-order chi connectivity index (χ1) is 13.7. The van der Waals surface area contributed by atoms with Gasteiger partial charge in [-0.15, -0.1) is 0 Å². The van der Waals surface area contributed by atoms with E-state index in [1.165, 1.54) is 11.9 Å². The summed E-state index contributed by atoms with van der Waals surface area (Å²) in [5.74, 6) is 0.530. The van der Waals surface area contributed by atoms with Gasteiger partial charge in [-0.2, -0.15) is 18.2 Å². The zero-order valence-electron chi connectivity index (χ0n) is 15.9. The highest BCUT2D eigenvalue weighted by Crippen LogP contribution is 2.38. The van der Waals surface area contributed by atoms with Crippen LogP contribution in [0.25, 0.3) is 0 Å². The Balaban J connectivity index is 2.04. The largest absolute Gasteiger partial charge is 0.497 e. The van der Waals surface area contributed by atoms with Crippen LogP contribution in [0.4, 0.5) is 36.3 Å². The molecule has 0 unspecified atom stereocenters. The lowest BCUT2D eigenvalue weighted by molar-refractivity contribution is -0.137. The van der Waals surface area contributed by atoms with Crippen molar-refractivity contribution in [2.75, 3.05) is 31.0 Å². The monoisotopic (exact) mass is 422 g/mol. The molecule has 0 bridgehead atoms. The molecule has 0 atom stereocenters. The van der Waals surface area contributed by atoms with Gasteiger partial charge in [-0.05, 0) is 48.5 Å². The average molecular weight is 423 g/mol. The molecule has 0 fully saturated rings. The van der Waals surface area contributed by atoms with Crippen LogP contribution in [0.5, 0.6) is 5.75 Å². The first-order valence-electron chi connectivity index (χ1n) is 8.52. The van der Waals surface area contributed by atoms with E-state index in [4.69, 9.17) is 16.3 Å². The Kier molecular flexibility index (Phi) is 5.83. The lowest BCUT2D eigenvalue weighted by Crippen LogP contribution is -2.21. The fraction of sp³-hybridized carbons (Fsp3) is 0.200. The van der Waals surface area contributed by atoms with Gasteiger partial charge in [-0.1, -0.05) is 11.6 Å². The number of aromatic nitrogens is 2. The van der Waals surface area contributed by atoms with E-state index in [0.29, 0.717) is 22.1 Å². The van der Waals surface area contributed by atoms with Crippen LogP contribution in [0, 0.1) is 0 Å². The predicted molar refractivity (Wildman–Crippen MR) is 108 cm³/mol. The molecule has 3 aromatic rings. The van der Waals surface area contributed by atoms with Crippen LogP contribution in [0.3, 0.4) is 0 Å². The first-order valence-corrected chi connectivity index (χ1v) is 8.90. The van der Waals surface area contributed by atoms with Gasteiger partial charge in [0.2, 0.25) is 5.95 Å². The molecule has 0 radical (unpaired) electrons. The van der Waals surface area contributed by atoms with Crippen LogP contribution < -0.4 is 14.5 Å². The van der Waals surface area contributed by atoms with E-state index in [1.807, 2.05) is 0 Å². The molecule has 29 heavy (non-hydrogen) atoms. The highest BCUT2D eigenvalue weighted by molar-refractivity contribution is 6.30. The van der Waals surface area contributed by atoms with E-state index in [1.54, 1.807) is 67.6 Å². The molecule has 1 aromatic heterocycles. The normalized spacial score (nSPS) is 11.3. The van der Waals surface area contributed by atoms with Crippen LogP contribution in [0.2, 0.25) is 5.02 Å². The van der Waals surface area contributed by atoms with Gasteiger partial charge in [0.15, 0.2) is 5.82 Å². The number of hydrogen-bond donors (Lipinski definition) is 0. The van der Waals surface area contributed by atoms with Crippen molar-refractivity contribution >= 4 is 34.7 Å². The van der Waals surface area contributed by atoms with Crippen molar-refractivity contribution in [3.05, 3.63) is 65.3 Å². The zero-order valence-corrected chi connectivity index (χ0v) is 16.7. The fourth-order valence-corrected chi connectivity index (χ4v) is 2.82. The Hall–Kier alpha value is -3.00. The first kappa shape index (κ1) is 20.7. The van der Waals surface area contributed by atoms with Gasteiger partial charge < -0.3 is 14.5 Å². The minimum atomic E-state index is -4.60. The molecule has 0 spiro atoms. The predicted octanol–water partition coefficient (Wildman–Crippen LogP) is 5.69. The number of anilines is 4. The smallest absolute Gasteiger partial charge is 0.421 e. The summed E-state index contributed by atoms with van der Waals surface area (Å²) in [6.45, 7) is 0. The SMILES string of the molecule is COc1ccc(N(C)c2ncc(C(F)(F)F)c(N(C)c3ccc(Cl)cc3)n2)cc1. The number of rotatable bonds is 5. The number of alkyl halides is 3. The van der Waals surface area contributed by atoms with Gasteiger partial charge >= 0.3 is 6.18 Å². The topological polar surface area (TPSA) is 41.5 Å². The van der Waals surface area contributed by atoms with E-state index in [0.717, 1.165) is 6.20 Å². The standard InChI is InChI=1S/C20H18ClF3N4O/c1-27(14-6-4-13(21)5-7-14)18-17(20(22,23)24)12-25-19(26-18)28(2)15-8-10-16(29-3)11-9-15/h4-12H,1-3H3. The molecule has 0 aliphatic rings. The number of ether oxygens (including phenoxy) is 1. The third-order valence-electron chi connectivity index (χ3n) is 4.35. The van der Waals surface area contributed by atoms with Crippen LogP contribution >= 0.6 is 11.6 Å². The van der Waals surface area contributed by atoms with E-state index in [-0.39, 0.29) is 11.8 Å².